The van der Waals surface area contributed by atoms with E-state index >= 15 is 0 Å². The second kappa shape index (κ2) is 7.78. The molecule has 0 aliphatic heterocycles. The summed E-state index contributed by atoms with van der Waals surface area (Å²) in [6.07, 6.45) is 5.23. The van der Waals surface area contributed by atoms with E-state index in [1.54, 1.807) is 29.0 Å². The first-order valence-electron chi connectivity index (χ1n) is 8.82. The van der Waals surface area contributed by atoms with Crippen LogP contribution in [0.5, 0.6) is 0 Å². The SMILES string of the molecule is CN(Cc1cccc2cnccc12)C(=O)c1cn(Cc2ccccc2Cl)nn1. The monoisotopic (exact) mass is 391 g/mol. The Labute approximate surface area is 167 Å². The quantitative estimate of drug-likeness (QED) is 0.519. The van der Waals surface area contributed by atoms with Crippen LogP contribution in [0.2, 0.25) is 5.02 Å². The molecule has 0 fully saturated rings. The Morgan fingerprint density at radius 3 is 2.79 bits per heavy atom. The van der Waals surface area contributed by atoms with Crippen molar-refractivity contribution < 1.29 is 4.79 Å². The number of pyridine rings is 1. The normalized spacial score (nSPS) is 10.9. The lowest BCUT2D eigenvalue weighted by molar-refractivity contribution is 0.0779. The molecule has 0 unspecified atom stereocenters. The minimum absolute atomic E-state index is 0.184. The summed E-state index contributed by atoms with van der Waals surface area (Å²) in [4.78, 5) is 18.6. The van der Waals surface area contributed by atoms with Gasteiger partial charge in [-0.15, -0.1) is 5.10 Å². The van der Waals surface area contributed by atoms with Crippen molar-refractivity contribution in [1.82, 2.24) is 24.9 Å². The molecule has 0 bridgehead atoms. The molecule has 7 heteroatoms. The molecule has 6 nitrogen and oxygen atoms in total. The van der Waals surface area contributed by atoms with Crippen molar-refractivity contribution in [3.8, 4) is 0 Å². The van der Waals surface area contributed by atoms with Gasteiger partial charge in [-0.25, -0.2) is 4.68 Å². The van der Waals surface area contributed by atoms with Crippen molar-refractivity contribution >= 4 is 28.3 Å². The minimum Gasteiger partial charge on any atom is -0.336 e. The van der Waals surface area contributed by atoms with Gasteiger partial charge in [0.25, 0.3) is 5.91 Å². The van der Waals surface area contributed by atoms with Gasteiger partial charge in [0.15, 0.2) is 5.69 Å². The van der Waals surface area contributed by atoms with Crippen molar-refractivity contribution in [3.05, 3.63) is 89.0 Å². The molecule has 0 N–H and O–H groups in total. The molecule has 2 aromatic carbocycles. The molecule has 4 aromatic rings. The van der Waals surface area contributed by atoms with Crippen LogP contribution in [-0.2, 0) is 13.1 Å². The van der Waals surface area contributed by atoms with Crippen LogP contribution in [0, 0.1) is 0 Å². The van der Waals surface area contributed by atoms with Crippen LogP contribution in [-0.4, -0.2) is 37.8 Å². The van der Waals surface area contributed by atoms with Crippen LogP contribution in [0.1, 0.15) is 21.6 Å². The largest absolute Gasteiger partial charge is 0.336 e. The maximum Gasteiger partial charge on any atom is 0.276 e. The Bertz CT molecular complexity index is 1140. The number of hydrogen-bond donors (Lipinski definition) is 0. The van der Waals surface area contributed by atoms with Crippen molar-refractivity contribution in [2.75, 3.05) is 7.05 Å². The zero-order chi connectivity index (χ0) is 19.5. The number of nitrogens with zero attached hydrogens (tertiary/aromatic N) is 5. The second-order valence-electron chi connectivity index (χ2n) is 6.57. The van der Waals surface area contributed by atoms with E-state index in [0.29, 0.717) is 23.8 Å². The van der Waals surface area contributed by atoms with Crippen LogP contribution in [0.15, 0.2) is 67.1 Å². The number of fused-ring (bicyclic) bond motifs is 1. The van der Waals surface area contributed by atoms with Gasteiger partial charge in [0.05, 0.1) is 12.7 Å². The fourth-order valence-corrected chi connectivity index (χ4v) is 3.32. The molecular formula is C21H18ClN5O. The first-order chi connectivity index (χ1) is 13.6. The van der Waals surface area contributed by atoms with E-state index in [4.69, 9.17) is 11.6 Å². The van der Waals surface area contributed by atoms with Crippen molar-refractivity contribution in [3.63, 3.8) is 0 Å². The summed E-state index contributed by atoms with van der Waals surface area (Å²) in [6.45, 7) is 0.928. The highest BCUT2D eigenvalue weighted by Gasteiger charge is 2.17. The summed E-state index contributed by atoms with van der Waals surface area (Å²) < 4.78 is 1.62. The summed E-state index contributed by atoms with van der Waals surface area (Å²) in [5, 5.41) is 10.9. The van der Waals surface area contributed by atoms with E-state index in [-0.39, 0.29) is 5.91 Å². The van der Waals surface area contributed by atoms with E-state index < -0.39 is 0 Å². The molecule has 0 saturated carbocycles. The van der Waals surface area contributed by atoms with Crippen molar-refractivity contribution in [2.45, 2.75) is 13.1 Å². The van der Waals surface area contributed by atoms with Crippen LogP contribution < -0.4 is 0 Å². The topological polar surface area (TPSA) is 63.9 Å². The summed E-state index contributed by atoms with van der Waals surface area (Å²) in [5.41, 5.74) is 2.28. The second-order valence-corrected chi connectivity index (χ2v) is 6.98. The molecule has 2 heterocycles. The Morgan fingerprint density at radius 1 is 1.11 bits per heavy atom. The summed E-state index contributed by atoms with van der Waals surface area (Å²) in [5.74, 6) is -0.184. The Kier molecular flexibility index (Phi) is 5.04. The maximum atomic E-state index is 12.8. The third kappa shape index (κ3) is 3.73. The molecule has 0 atom stereocenters. The van der Waals surface area contributed by atoms with Gasteiger partial charge in [-0.1, -0.05) is 53.2 Å². The predicted molar refractivity (Wildman–Crippen MR) is 108 cm³/mol. The Hall–Kier alpha value is -3.25. The molecule has 0 aliphatic rings. The van der Waals surface area contributed by atoms with Crippen LogP contribution in [0.25, 0.3) is 10.8 Å². The van der Waals surface area contributed by atoms with Gasteiger partial charge in [-0.3, -0.25) is 9.78 Å². The van der Waals surface area contributed by atoms with Gasteiger partial charge in [0.2, 0.25) is 0 Å². The minimum atomic E-state index is -0.184. The molecule has 0 radical (unpaired) electrons. The van der Waals surface area contributed by atoms with Gasteiger partial charge >= 0.3 is 0 Å². The van der Waals surface area contributed by atoms with E-state index in [9.17, 15) is 4.79 Å². The number of carbonyl (C=O) groups is 1. The van der Waals surface area contributed by atoms with Crippen molar-refractivity contribution in [2.24, 2.45) is 0 Å². The fraction of sp³-hybridized carbons (Fsp3) is 0.143. The molecule has 4 rings (SSSR count). The van der Waals surface area contributed by atoms with Crippen LogP contribution >= 0.6 is 11.6 Å². The summed E-state index contributed by atoms with van der Waals surface area (Å²) in [7, 11) is 1.76. The maximum absolute atomic E-state index is 12.8. The molecule has 28 heavy (non-hydrogen) atoms. The first kappa shape index (κ1) is 18.1. The molecule has 140 valence electrons. The molecule has 1 amide bonds. The number of rotatable bonds is 5. The standard InChI is InChI=1S/C21H18ClN5O/c1-26(12-16-7-4-6-15-11-23-10-9-18(15)16)21(28)20-14-27(25-24-20)13-17-5-2-3-8-19(17)22/h2-11,14H,12-13H2,1H3. The summed E-state index contributed by atoms with van der Waals surface area (Å²) >= 11 is 6.19. The van der Waals surface area contributed by atoms with Gasteiger partial charge in [-0.2, -0.15) is 0 Å². The highest BCUT2D eigenvalue weighted by Crippen LogP contribution is 2.19. The Balaban J connectivity index is 1.50. The van der Waals surface area contributed by atoms with Gasteiger partial charge in [-0.05, 0) is 28.6 Å². The van der Waals surface area contributed by atoms with Gasteiger partial charge < -0.3 is 4.90 Å². The van der Waals surface area contributed by atoms with E-state index in [1.165, 1.54) is 0 Å². The Morgan fingerprint density at radius 2 is 1.93 bits per heavy atom. The smallest absolute Gasteiger partial charge is 0.276 e. The molecular weight excluding hydrogens is 374 g/mol. The summed E-state index contributed by atoms with van der Waals surface area (Å²) in [6, 6.07) is 15.5. The van der Waals surface area contributed by atoms with Gasteiger partial charge in [0, 0.05) is 36.4 Å². The average Bonchev–Trinajstić information content (AvgIpc) is 3.18. The first-order valence-corrected chi connectivity index (χ1v) is 9.20. The van der Waals surface area contributed by atoms with Crippen LogP contribution in [0.3, 0.4) is 0 Å². The number of amides is 1. The number of halogens is 1. The third-order valence-electron chi connectivity index (χ3n) is 4.57. The number of hydrogen-bond acceptors (Lipinski definition) is 4. The number of aromatic nitrogens is 4. The predicted octanol–water partition coefficient (Wildman–Crippen LogP) is 3.80. The highest BCUT2D eigenvalue weighted by atomic mass is 35.5. The zero-order valence-corrected chi connectivity index (χ0v) is 16.0. The lowest BCUT2D eigenvalue weighted by Gasteiger charge is -2.17. The lowest BCUT2D eigenvalue weighted by Crippen LogP contribution is -2.26. The molecule has 2 aromatic heterocycles. The van der Waals surface area contributed by atoms with Crippen molar-refractivity contribution in [1.29, 1.82) is 0 Å². The van der Waals surface area contributed by atoms with E-state index in [2.05, 4.69) is 15.3 Å². The number of benzene rings is 2. The third-order valence-corrected chi connectivity index (χ3v) is 4.94. The van der Waals surface area contributed by atoms with Gasteiger partial charge in [0.1, 0.15) is 0 Å². The van der Waals surface area contributed by atoms with E-state index in [1.807, 2.05) is 54.7 Å². The number of carbonyl (C=O) groups excluding carboxylic acids is 1. The average molecular weight is 392 g/mol. The molecule has 0 saturated heterocycles. The highest BCUT2D eigenvalue weighted by molar-refractivity contribution is 6.31. The van der Waals surface area contributed by atoms with E-state index in [0.717, 1.165) is 21.9 Å². The molecule has 0 aliphatic carbocycles. The lowest BCUT2D eigenvalue weighted by atomic mass is 10.1. The van der Waals surface area contributed by atoms with Crippen LogP contribution in [0.4, 0.5) is 0 Å². The molecule has 0 spiro atoms. The zero-order valence-electron chi connectivity index (χ0n) is 15.3. The fourth-order valence-electron chi connectivity index (χ4n) is 3.13.